The fourth-order valence-electron chi connectivity index (χ4n) is 4.81. The van der Waals surface area contributed by atoms with E-state index in [2.05, 4.69) is 21.2 Å². The van der Waals surface area contributed by atoms with Crippen molar-refractivity contribution in [3.63, 3.8) is 0 Å². The molecule has 222 valence electrons. The molecule has 1 aliphatic heterocycles. The minimum atomic E-state index is -4.04. The number of carbonyl (C=O) groups is 2. The van der Waals surface area contributed by atoms with E-state index >= 15 is 0 Å². The van der Waals surface area contributed by atoms with Crippen molar-refractivity contribution in [1.29, 1.82) is 0 Å². The van der Waals surface area contributed by atoms with Gasteiger partial charge in [-0.2, -0.15) is 4.31 Å². The van der Waals surface area contributed by atoms with Crippen LogP contribution in [-0.4, -0.2) is 50.3 Å². The number of ether oxygens (including phenoxy) is 1. The van der Waals surface area contributed by atoms with Crippen molar-refractivity contribution in [2.24, 2.45) is 0 Å². The Morgan fingerprint density at radius 1 is 0.907 bits per heavy atom. The van der Waals surface area contributed by atoms with Crippen LogP contribution in [0.1, 0.15) is 16.7 Å². The minimum Gasteiger partial charge on any atom is -0.477 e. The standard InChI is InChI=1S/C33H32BrN3O5S/c1-24-11-17-28(18-12-24)43(40,41)36(21-26-13-15-27(34)16-14-26)23-32(38)37-22-31(42-30-10-6-5-9-29(30)37)33(39)35-20-19-25-7-3-2-4-8-25/h2-18,31H,19-23H2,1H3,(H,35,39)/t31-/m1/s1. The van der Waals surface area contributed by atoms with E-state index in [0.29, 0.717) is 24.4 Å². The van der Waals surface area contributed by atoms with E-state index in [1.165, 1.54) is 9.21 Å². The minimum absolute atomic E-state index is 0.00931. The van der Waals surface area contributed by atoms with Crippen LogP contribution in [0.5, 0.6) is 5.75 Å². The van der Waals surface area contributed by atoms with Gasteiger partial charge in [0.1, 0.15) is 5.75 Å². The van der Waals surface area contributed by atoms with E-state index in [-0.39, 0.29) is 23.9 Å². The predicted octanol–water partition coefficient (Wildman–Crippen LogP) is 5.10. The number of amides is 2. The highest BCUT2D eigenvalue weighted by Crippen LogP contribution is 2.33. The normalized spacial score (nSPS) is 14.6. The third-order valence-corrected chi connectivity index (χ3v) is 9.50. The van der Waals surface area contributed by atoms with E-state index in [1.807, 2.05) is 61.5 Å². The molecule has 4 aromatic carbocycles. The van der Waals surface area contributed by atoms with Gasteiger partial charge in [-0.25, -0.2) is 8.42 Å². The molecule has 0 spiro atoms. The summed E-state index contributed by atoms with van der Waals surface area (Å²) in [6.07, 6.45) is -0.302. The number of anilines is 1. The zero-order valence-electron chi connectivity index (χ0n) is 23.6. The smallest absolute Gasteiger partial charge is 0.262 e. The van der Waals surface area contributed by atoms with Gasteiger partial charge < -0.3 is 15.0 Å². The molecule has 10 heteroatoms. The Balaban J connectivity index is 1.37. The number of sulfonamides is 1. The van der Waals surface area contributed by atoms with Crippen molar-refractivity contribution in [3.8, 4) is 5.75 Å². The Morgan fingerprint density at radius 2 is 1.58 bits per heavy atom. The van der Waals surface area contributed by atoms with Crippen LogP contribution < -0.4 is 15.0 Å². The van der Waals surface area contributed by atoms with Crippen LogP contribution in [0, 0.1) is 6.92 Å². The van der Waals surface area contributed by atoms with Crippen molar-refractivity contribution in [3.05, 3.63) is 124 Å². The van der Waals surface area contributed by atoms with Gasteiger partial charge >= 0.3 is 0 Å². The molecule has 4 aromatic rings. The number of nitrogens with zero attached hydrogens (tertiary/aromatic N) is 2. The Bertz CT molecular complexity index is 1680. The van der Waals surface area contributed by atoms with Crippen molar-refractivity contribution in [1.82, 2.24) is 9.62 Å². The number of hydrogen-bond donors (Lipinski definition) is 1. The number of benzene rings is 4. The first-order valence-electron chi connectivity index (χ1n) is 13.9. The second-order valence-corrected chi connectivity index (χ2v) is 13.2. The average Bonchev–Trinajstić information content (AvgIpc) is 3.01. The zero-order valence-corrected chi connectivity index (χ0v) is 26.1. The molecule has 1 heterocycles. The maximum Gasteiger partial charge on any atom is 0.262 e. The number of aryl methyl sites for hydroxylation is 1. The summed E-state index contributed by atoms with van der Waals surface area (Å²) in [6.45, 7) is 1.80. The van der Waals surface area contributed by atoms with Crippen molar-refractivity contribution in [2.45, 2.75) is 30.9 Å². The molecule has 43 heavy (non-hydrogen) atoms. The van der Waals surface area contributed by atoms with Crippen LogP contribution >= 0.6 is 15.9 Å². The van der Waals surface area contributed by atoms with Crippen LogP contribution in [0.4, 0.5) is 5.69 Å². The number of fused-ring (bicyclic) bond motifs is 1. The van der Waals surface area contributed by atoms with E-state index in [4.69, 9.17) is 4.74 Å². The monoisotopic (exact) mass is 661 g/mol. The Kier molecular flexibility index (Phi) is 9.59. The highest BCUT2D eigenvalue weighted by molar-refractivity contribution is 9.10. The van der Waals surface area contributed by atoms with E-state index in [0.717, 1.165) is 21.2 Å². The second-order valence-electron chi connectivity index (χ2n) is 10.3. The summed E-state index contributed by atoms with van der Waals surface area (Å²) in [5, 5.41) is 2.91. The third kappa shape index (κ3) is 7.51. The zero-order chi connectivity index (χ0) is 30.4. The van der Waals surface area contributed by atoms with E-state index in [9.17, 15) is 18.0 Å². The van der Waals surface area contributed by atoms with Gasteiger partial charge in [-0.15, -0.1) is 0 Å². The molecular weight excluding hydrogens is 630 g/mol. The molecular formula is C33H32BrN3O5S. The maximum absolute atomic E-state index is 13.9. The van der Waals surface area contributed by atoms with Gasteiger partial charge in [-0.05, 0) is 60.9 Å². The summed E-state index contributed by atoms with van der Waals surface area (Å²) in [6, 6.07) is 30.6. The molecule has 5 rings (SSSR count). The lowest BCUT2D eigenvalue weighted by atomic mass is 10.1. The van der Waals surface area contributed by atoms with Crippen molar-refractivity contribution < 1.29 is 22.7 Å². The number of halogens is 1. The SMILES string of the molecule is Cc1ccc(S(=O)(=O)N(CC(=O)N2C[C@H](C(=O)NCCc3ccccc3)Oc3ccccc32)Cc2ccc(Br)cc2)cc1. The fraction of sp³-hybridized carbons (Fsp3) is 0.212. The molecule has 0 aromatic heterocycles. The van der Waals surface area contributed by atoms with Crippen LogP contribution in [0.3, 0.4) is 0 Å². The van der Waals surface area contributed by atoms with Crippen molar-refractivity contribution in [2.75, 3.05) is 24.5 Å². The first-order chi connectivity index (χ1) is 20.7. The maximum atomic E-state index is 13.9. The van der Waals surface area contributed by atoms with E-state index in [1.54, 1.807) is 48.5 Å². The molecule has 8 nitrogen and oxygen atoms in total. The Labute approximate surface area is 260 Å². The summed E-state index contributed by atoms with van der Waals surface area (Å²) in [5.41, 5.74) is 3.23. The fourth-order valence-corrected chi connectivity index (χ4v) is 6.45. The van der Waals surface area contributed by atoms with Gasteiger partial charge in [-0.1, -0.05) is 88.2 Å². The summed E-state index contributed by atoms with van der Waals surface area (Å²) >= 11 is 3.41. The third-order valence-electron chi connectivity index (χ3n) is 7.17. The molecule has 0 saturated carbocycles. The van der Waals surface area contributed by atoms with Crippen LogP contribution in [0.15, 0.2) is 112 Å². The predicted molar refractivity (Wildman–Crippen MR) is 169 cm³/mol. The van der Waals surface area contributed by atoms with Gasteiger partial charge in [-0.3, -0.25) is 9.59 Å². The molecule has 0 fully saturated rings. The highest BCUT2D eigenvalue weighted by Gasteiger charge is 2.36. The number of rotatable bonds is 10. The molecule has 1 atom stereocenters. The summed E-state index contributed by atoms with van der Waals surface area (Å²) < 4.78 is 35.7. The molecule has 2 amide bonds. The lowest BCUT2D eigenvalue weighted by molar-refractivity contribution is -0.128. The molecule has 0 saturated heterocycles. The largest absolute Gasteiger partial charge is 0.477 e. The van der Waals surface area contributed by atoms with Gasteiger partial charge in [0.05, 0.1) is 23.7 Å². The van der Waals surface area contributed by atoms with Crippen LogP contribution in [0.2, 0.25) is 0 Å². The summed E-state index contributed by atoms with van der Waals surface area (Å²) in [4.78, 5) is 28.6. The topological polar surface area (TPSA) is 96.0 Å². The van der Waals surface area contributed by atoms with E-state index < -0.39 is 28.6 Å². The van der Waals surface area contributed by atoms with Gasteiger partial charge in [0.2, 0.25) is 15.9 Å². The average molecular weight is 663 g/mol. The number of carbonyl (C=O) groups excluding carboxylic acids is 2. The Morgan fingerprint density at radius 3 is 2.30 bits per heavy atom. The van der Waals surface area contributed by atoms with Gasteiger partial charge in [0, 0.05) is 17.6 Å². The number of para-hydroxylation sites is 2. The molecule has 1 aliphatic rings. The molecule has 1 N–H and O–H groups in total. The lowest BCUT2D eigenvalue weighted by Gasteiger charge is -2.35. The second kappa shape index (κ2) is 13.5. The van der Waals surface area contributed by atoms with Crippen molar-refractivity contribution >= 4 is 43.5 Å². The number of nitrogens with one attached hydrogen (secondary N) is 1. The summed E-state index contributed by atoms with van der Waals surface area (Å²) in [7, 11) is -4.04. The van der Waals surface area contributed by atoms with Crippen LogP contribution in [0.25, 0.3) is 0 Å². The van der Waals surface area contributed by atoms with Crippen LogP contribution in [-0.2, 0) is 32.6 Å². The quantitative estimate of drug-likeness (QED) is 0.255. The first-order valence-corrected chi connectivity index (χ1v) is 16.1. The lowest BCUT2D eigenvalue weighted by Crippen LogP contribution is -2.53. The molecule has 0 radical (unpaired) electrons. The molecule has 0 bridgehead atoms. The number of hydrogen-bond acceptors (Lipinski definition) is 5. The van der Waals surface area contributed by atoms with Gasteiger partial charge in [0.25, 0.3) is 5.91 Å². The first kappa shape index (κ1) is 30.5. The molecule has 0 aliphatic carbocycles. The Hall–Kier alpha value is -3.99. The molecule has 0 unspecified atom stereocenters. The highest BCUT2D eigenvalue weighted by atomic mass is 79.9. The van der Waals surface area contributed by atoms with Gasteiger partial charge in [0.15, 0.2) is 6.10 Å². The summed E-state index contributed by atoms with van der Waals surface area (Å²) in [5.74, 6) is -0.431.